The molecule has 2 aliphatic carbocycles. The second kappa shape index (κ2) is 2.93. The Bertz CT molecular complexity index is 337. The molecule has 1 heteroatoms. The van der Waals surface area contributed by atoms with E-state index in [0.717, 1.165) is 12.5 Å². The van der Waals surface area contributed by atoms with Crippen molar-refractivity contribution in [3.05, 3.63) is 12.2 Å². The van der Waals surface area contributed by atoms with Gasteiger partial charge in [-0.05, 0) is 48.0 Å². The molecule has 0 unspecified atom stereocenters. The van der Waals surface area contributed by atoms with Crippen LogP contribution in [0.5, 0.6) is 0 Å². The Hall–Kier alpha value is -0.300. The van der Waals surface area contributed by atoms with Crippen LogP contribution in [0, 0.1) is 16.7 Å². The first-order chi connectivity index (χ1) is 7.41. The van der Waals surface area contributed by atoms with E-state index in [9.17, 15) is 0 Å². The van der Waals surface area contributed by atoms with Crippen LogP contribution in [0.2, 0.25) is 0 Å². The van der Waals surface area contributed by atoms with Crippen LogP contribution in [0.25, 0.3) is 0 Å². The zero-order valence-corrected chi connectivity index (χ0v) is 10.9. The third-order valence-electron chi connectivity index (χ3n) is 5.80. The minimum Gasteiger partial charge on any atom is -0.365 e. The van der Waals surface area contributed by atoms with Gasteiger partial charge in [-0.3, -0.25) is 0 Å². The molecule has 1 spiro atoms. The summed E-state index contributed by atoms with van der Waals surface area (Å²) in [6.45, 7) is 12.7. The number of epoxide rings is 1. The standard InChI is InChI=1S/C15H24O/c1-11-14(4)8-5-7-13(2,3)12(14)6-9-15(11)10-16-15/h12H,1,5-10H2,2-4H3/t12-,14+,15-/m0/s1. The fraction of sp³-hybridized carbons (Fsp3) is 0.867. The number of hydrogen-bond donors (Lipinski definition) is 0. The van der Waals surface area contributed by atoms with Gasteiger partial charge in [0, 0.05) is 0 Å². The Morgan fingerprint density at radius 3 is 2.50 bits per heavy atom. The van der Waals surface area contributed by atoms with Gasteiger partial charge in [-0.25, -0.2) is 0 Å². The summed E-state index contributed by atoms with van der Waals surface area (Å²) in [5.41, 5.74) is 2.37. The molecule has 2 saturated carbocycles. The molecule has 3 rings (SSSR count). The van der Waals surface area contributed by atoms with Crippen LogP contribution in [0.4, 0.5) is 0 Å². The van der Waals surface area contributed by atoms with Crippen molar-refractivity contribution in [1.82, 2.24) is 0 Å². The highest BCUT2D eigenvalue weighted by molar-refractivity contribution is 5.32. The maximum Gasteiger partial charge on any atom is 0.113 e. The van der Waals surface area contributed by atoms with Gasteiger partial charge in [0.2, 0.25) is 0 Å². The van der Waals surface area contributed by atoms with Gasteiger partial charge in [0.05, 0.1) is 6.61 Å². The van der Waals surface area contributed by atoms with Crippen LogP contribution in [0.15, 0.2) is 12.2 Å². The van der Waals surface area contributed by atoms with Crippen molar-refractivity contribution in [2.24, 2.45) is 16.7 Å². The maximum atomic E-state index is 5.73. The van der Waals surface area contributed by atoms with Crippen molar-refractivity contribution in [2.45, 2.75) is 58.5 Å². The molecule has 0 bridgehead atoms. The third kappa shape index (κ3) is 1.21. The number of hydrogen-bond acceptors (Lipinski definition) is 1. The molecule has 0 radical (unpaired) electrons. The van der Waals surface area contributed by atoms with E-state index in [0.29, 0.717) is 10.8 Å². The lowest BCUT2D eigenvalue weighted by atomic mass is 9.48. The molecule has 1 saturated heterocycles. The fourth-order valence-electron chi connectivity index (χ4n) is 4.65. The summed E-state index contributed by atoms with van der Waals surface area (Å²) >= 11 is 0. The Kier molecular flexibility index (Phi) is 1.98. The van der Waals surface area contributed by atoms with Gasteiger partial charge in [-0.15, -0.1) is 0 Å². The largest absolute Gasteiger partial charge is 0.365 e. The first kappa shape index (κ1) is 10.8. The molecule has 0 aromatic carbocycles. The van der Waals surface area contributed by atoms with Gasteiger partial charge in [0.1, 0.15) is 5.60 Å². The summed E-state index contributed by atoms with van der Waals surface area (Å²) in [5, 5.41) is 0. The van der Waals surface area contributed by atoms with E-state index in [1.807, 2.05) is 0 Å². The Balaban J connectivity index is 1.97. The van der Waals surface area contributed by atoms with Crippen LogP contribution in [-0.2, 0) is 4.74 Å². The van der Waals surface area contributed by atoms with E-state index in [2.05, 4.69) is 27.4 Å². The molecule has 0 amide bonds. The van der Waals surface area contributed by atoms with Gasteiger partial charge in [0.15, 0.2) is 0 Å². The zero-order valence-electron chi connectivity index (χ0n) is 10.9. The quantitative estimate of drug-likeness (QED) is 0.445. The predicted molar refractivity (Wildman–Crippen MR) is 66.3 cm³/mol. The van der Waals surface area contributed by atoms with Crippen LogP contribution in [0.3, 0.4) is 0 Å². The molecular formula is C15H24O. The molecule has 3 atom stereocenters. The fourth-order valence-corrected chi connectivity index (χ4v) is 4.65. The summed E-state index contributed by atoms with van der Waals surface area (Å²) < 4.78 is 5.73. The first-order valence-corrected chi connectivity index (χ1v) is 6.75. The van der Waals surface area contributed by atoms with E-state index in [1.165, 1.54) is 37.7 Å². The lowest BCUT2D eigenvalue weighted by Crippen LogP contribution is -2.49. The average molecular weight is 220 g/mol. The van der Waals surface area contributed by atoms with Crippen molar-refractivity contribution >= 4 is 0 Å². The highest BCUT2D eigenvalue weighted by Gasteiger charge is 2.61. The molecule has 1 aliphatic heterocycles. The van der Waals surface area contributed by atoms with Crippen molar-refractivity contribution in [1.29, 1.82) is 0 Å². The lowest BCUT2D eigenvalue weighted by molar-refractivity contribution is -0.0132. The normalized spacial score (nSPS) is 50.2. The topological polar surface area (TPSA) is 12.5 Å². The minimum absolute atomic E-state index is 0.110. The Morgan fingerprint density at radius 1 is 1.19 bits per heavy atom. The van der Waals surface area contributed by atoms with Crippen molar-refractivity contribution in [2.75, 3.05) is 6.61 Å². The van der Waals surface area contributed by atoms with Crippen molar-refractivity contribution in [3.63, 3.8) is 0 Å². The molecule has 0 aromatic heterocycles. The van der Waals surface area contributed by atoms with E-state index in [4.69, 9.17) is 4.74 Å². The van der Waals surface area contributed by atoms with E-state index < -0.39 is 0 Å². The van der Waals surface area contributed by atoms with Crippen molar-refractivity contribution in [3.8, 4) is 0 Å². The van der Waals surface area contributed by atoms with Gasteiger partial charge in [-0.2, -0.15) is 0 Å². The summed E-state index contributed by atoms with van der Waals surface area (Å²) in [6, 6.07) is 0. The van der Waals surface area contributed by atoms with Crippen LogP contribution in [0.1, 0.15) is 52.9 Å². The summed E-state index contributed by atoms with van der Waals surface area (Å²) in [7, 11) is 0. The molecule has 0 aromatic rings. The van der Waals surface area contributed by atoms with Gasteiger partial charge in [0.25, 0.3) is 0 Å². The third-order valence-corrected chi connectivity index (χ3v) is 5.80. The van der Waals surface area contributed by atoms with Crippen LogP contribution >= 0.6 is 0 Å². The molecule has 90 valence electrons. The first-order valence-electron chi connectivity index (χ1n) is 6.75. The molecule has 3 fully saturated rings. The molecule has 3 aliphatic rings. The second-order valence-corrected chi connectivity index (χ2v) is 7.11. The summed E-state index contributed by atoms with van der Waals surface area (Å²) in [6.07, 6.45) is 6.62. The van der Waals surface area contributed by atoms with Crippen LogP contribution < -0.4 is 0 Å². The van der Waals surface area contributed by atoms with Gasteiger partial charge >= 0.3 is 0 Å². The van der Waals surface area contributed by atoms with Crippen LogP contribution in [-0.4, -0.2) is 12.2 Å². The Morgan fingerprint density at radius 2 is 1.88 bits per heavy atom. The monoisotopic (exact) mass is 220 g/mol. The second-order valence-electron chi connectivity index (χ2n) is 7.11. The molecule has 0 N–H and O–H groups in total. The Labute approximate surface area is 99.3 Å². The smallest absolute Gasteiger partial charge is 0.113 e. The van der Waals surface area contributed by atoms with E-state index in [-0.39, 0.29) is 5.60 Å². The number of rotatable bonds is 0. The lowest BCUT2D eigenvalue weighted by Gasteiger charge is -2.56. The van der Waals surface area contributed by atoms with E-state index in [1.54, 1.807) is 0 Å². The summed E-state index contributed by atoms with van der Waals surface area (Å²) in [5.74, 6) is 0.816. The molecule has 1 heterocycles. The average Bonchev–Trinajstić information content (AvgIpc) is 2.94. The summed E-state index contributed by atoms with van der Waals surface area (Å²) in [4.78, 5) is 0. The zero-order chi connectivity index (χ0) is 11.6. The highest BCUT2D eigenvalue weighted by Crippen LogP contribution is 2.64. The molecular weight excluding hydrogens is 196 g/mol. The van der Waals surface area contributed by atoms with E-state index >= 15 is 0 Å². The van der Waals surface area contributed by atoms with Gasteiger partial charge in [-0.1, -0.05) is 33.8 Å². The number of ether oxygens (including phenoxy) is 1. The highest BCUT2D eigenvalue weighted by atomic mass is 16.6. The minimum atomic E-state index is 0.110. The maximum absolute atomic E-state index is 5.73. The predicted octanol–water partition coefficient (Wildman–Crippen LogP) is 3.94. The molecule has 1 nitrogen and oxygen atoms in total. The SMILES string of the molecule is C=C1[C@]2(CC[C@H]3C(C)(C)CCC[C@]13C)CO2. The van der Waals surface area contributed by atoms with Gasteiger partial charge < -0.3 is 4.74 Å². The van der Waals surface area contributed by atoms with Crippen molar-refractivity contribution < 1.29 is 4.74 Å². The number of fused-ring (bicyclic) bond motifs is 1. The molecule has 16 heavy (non-hydrogen) atoms.